The molecule has 0 amide bonds. The molecule has 72 valence electrons. The molecule has 5 heteroatoms. The second-order valence-electron chi connectivity index (χ2n) is 2.82. The summed E-state index contributed by atoms with van der Waals surface area (Å²) in [5.41, 5.74) is 2.02. The minimum absolute atomic E-state index is 0.743. The van der Waals surface area contributed by atoms with Gasteiger partial charge < -0.3 is 5.32 Å². The largest absolute Gasteiger partial charge is 0.305 e. The number of pyridine rings is 1. The lowest BCUT2D eigenvalue weighted by Crippen LogP contribution is -2.13. The van der Waals surface area contributed by atoms with E-state index in [2.05, 4.69) is 19.9 Å². The van der Waals surface area contributed by atoms with Crippen molar-refractivity contribution in [1.29, 1.82) is 0 Å². The van der Waals surface area contributed by atoms with Gasteiger partial charge in [-0.25, -0.2) is 0 Å². The maximum absolute atomic E-state index is 4.20. The molecule has 0 spiro atoms. The average Bonchev–Trinajstić information content (AvgIpc) is 2.72. The second kappa shape index (κ2) is 4.78. The van der Waals surface area contributed by atoms with Crippen molar-refractivity contribution in [1.82, 2.24) is 19.9 Å². The normalized spacial score (nSPS) is 10.3. The van der Waals surface area contributed by atoms with Crippen LogP contribution in [0.4, 0.5) is 0 Å². The van der Waals surface area contributed by atoms with Crippen molar-refractivity contribution >= 4 is 11.5 Å². The van der Waals surface area contributed by atoms with E-state index in [1.54, 1.807) is 6.20 Å². The van der Waals surface area contributed by atoms with Crippen molar-refractivity contribution in [2.75, 3.05) is 0 Å². The Balaban J connectivity index is 1.79. The Hall–Kier alpha value is -1.33. The summed E-state index contributed by atoms with van der Waals surface area (Å²) in [5, 5.41) is 9.11. The van der Waals surface area contributed by atoms with E-state index in [4.69, 9.17) is 0 Å². The third kappa shape index (κ3) is 2.58. The fraction of sp³-hybridized carbons (Fsp3) is 0.222. The summed E-state index contributed by atoms with van der Waals surface area (Å²) in [6.07, 6.45) is 1.79. The van der Waals surface area contributed by atoms with E-state index in [-0.39, 0.29) is 0 Å². The number of nitrogens with zero attached hydrogens (tertiary/aromatic N) is 3. The fourth-order valence-corrected chi connectivity index (χ4v) is 1.53. The van der Waals surface area contributed by atoms with Crippen molar-refractivity contribution in [2.45, 2.75) is 13.1 Å². The quantitative estimate of drug-likeness (QED) is 0.817. The van der Waals surface area contributed by atoms with Crippen LogP contribution in [0.15, 0.2) is 29.8 Å². The van der Waals surface area contributed by atoms with Crippen molar-refractivity contribution in [3.8, 4) is 0 Å². The van der Waals surface area contributed by atoms with Gasteiger partial charge in [0.15, 0.2) is 0 Å². The van der Waals surface area contributed by atoms with Crippen molar-refractivity contribution in [2.24, 2.45) is 0 Å². The Morgan fingerprint density at radius 2 is 2.14 bits per heavy atom. The third-order valence-electron chi connectivity index (χ3n) is 1.74. The zero-order valence-electron chi connectivity index (χ0n) is 7.55. The lowest BCUT2D eigenvalue weighted by molar-refractivity contribution is 0.665. The standard InChI is InChI=1S/C9H10N4S/c1-2-4-11-8(3-1)5-10-6-9-7-14-13-12-9/h1-4,7,10H,5-6H2. The zero-order valence-corrected chi connectivity index (χ0v) is 8.37. The number of hydrogen-bond acceptors (Lipinski definition) is 5. The van der Waals surface area contributed by atoms with Crippen LogP contribution in [0, 0.1) is 0 Å². The summed E-state index contributed by atoms with van der Waals surface area (Å²) in [4.78, 5) is 4.20. The first-order valence-electron chi connectivity index (χ1n) is 4.32. The van der Waals surface area contributed by atoms with Crippen molar-refractivity contribution < 1.29 is 0 Å². The van der Waals surface area contributed by atoms with Crippen LogP contribution in [-0.4, -0.2) is 14.6 Å². The second-order valence-corrected chi connectivity index (χ2v) is 3.43. The smallest absolute Gasteiger partial charge is 0.0893 e. The lowest BCUT2D eigenvalue weighted by Gasteiger charge is -2.00. The Morgan fingerprint density at radius 3 is 2.86 bits per heavy atom. The Morgan fingerprint density at radius 1 is 1.21 bits per heavy atom. The van der Waals surface area contributed by atoms with Crippen LogP contribution in [0.3, 0.4) is 0 Å². The first-order valence-corrected chi connectivity index (χ1v) is 5.15. The lowest BCUT2D eigenvalue weighted by atomic mass is 10.3. The molecular weight excluding hydrogens is 196 g/mol. The van der Waals surface area contributed by atoms with Gasteiger partial charge in [0.05, 0.1) is 11.4 Å². The van der Waals surface area contributed by atoms with Crippen LogP contribution in [0.1, 0.15) is 11.4 Å². The van der Waals surface area contributed by atoms with E-state index >= 15 is 0 Å². The number of nitrogens with one attached hydrogen (secondary N) is 1. The van der Waals surface area contributed by atoms with Gasteiger partial charge in [0.1, 0.15) is 0 Å². The monoisotopic (exact) mass is 206 g/mol. The molecule has 2 rings (SSSR count). The Bertz CT molecular complexity index is 360. The van der Waals surface area contributed by atoms with E-state index in [0.717, 1.165) is 24.5 Å². The van der Waals surface area contributed by atoms with Crippen molar-refractivity contribution in [3.05, 3.63) is 41.2 Å². The van der Waals surface area contributed by atoms with Gasteiger partial charge in [-0.3, -0.25) is 4.98 Å². The summed E-state index contributed by atoms with van der Waals surface area (Å²) in [6.45, 7) is 1.51. The number of hydrogen-bond donors (Lipinski definition) is 1. The molecule has 0 aromatic carbocycles. The molecule has 0 saturated carbocycles. The van der Waals surface area contributed by atoms with E-state index in [1.807, 2.05) is 23.6 Å². The number of aromatic nitrogens is 3. The molecule has 0 bridgehead atoms. The van der Waals surface area contributed by atoms with E-state index < -0.39 is 0 Å². The van der Waals surface area contributed by atoms with Crippen LogP contribution in [0.25, 0.3) is 0 Å². The third-order valence-corrected chi connectivity index (χ3v) is 2.30. The summed E-state index contributed by atoms with van der Waals surface area (Å²) < 4.78 is 3.78. The van der Waals surface area contributed by atoms with Gasteiger partial charge in [-0.2, -0.15) is 0 Å². The average molecular weight is 206 g/mol. The molecule has 0 radical (unpaired) electrons. The zero-order chi connectivity index (χ0) is 9.64. The van der Waals surface area contributed by atoms with Gasteiger partial charge in [-0.15, -0.1) is 5.10 Å². The summed E-state index contributed by atoms with van der Waals surface area (Å²) in [6, 6.07) is 5.88. The molecule has 0 aliphatic rings. The molecule has 0 fully saturated rings. The SMILES string of the molecule is c1ccc(CNCc2csnn2)nc1. The molecule has 0 aliphatic heterocycles. The molecule has 1 N–H and O–H groups in total. The first kappa shape index (κ1) is 9.23. The van der Waals surface area contributed by atoms with Crippen LogP contribution in [-0.2, 0) is 13.1 Å². The Labute approximate surface area is 86.2 Å². The van der Waals surface area contributed by atoms with Crippen LogP contribution >= 0.6 is 11.5 Å². The molecule has 4 nitrogen and oxygen atoms in total. The van der Waals surface area contributed by atoms with Crippen LogP contribution in [0.5, 0.6) is 0 Å². The summed E-state index contributed by atoms with van der Waals surface area (Å²) >= 11 is 1.37. The molecular formula is C9H10N4S. The molecule has 2 aromatic heterocycles. The molecule has 0 aliphatic carbocycles. The number of rotatable bonds is 4. The molecule has 2 heterocycles. The highest BCUT2D eigenvalue weighted by atomic mass is 32.1. The fourth-order valence-electron chi connectivity index (χ4n) is 1.08. The highest BCUT2D eigenvalue weighted by molar-refractivity contribution is 7.03. The van der Waals surface area contributed by atoms with E-state index in [1.165, 1.54) is 11.5 Å². The molecule has 0 unspecified atom stereocenters. The molecule has 2 aromatic rings. The van der Waals surface area contributed by atoms with E-state index in [9.17, 15) is 0 Å². The van der Waals surface area contributed by atoms with Crippen molar-refractivity contribution in [3.63, 3.8) is 0 Å². The van der Waals surface area contributed by atoms with Crippen LogP contribution < -0.4 is 5.32 Å². The maximum Gasteiger partial charge on any atom is 0.0893 e. The van der Waals surface area contributed by atoms with Gasteiger partial charge in [-0.1, -0.05) is 10.6 Å². The predicted molar refractivity (Wildman–Crippen MR) is 54.7 cm³/mol. The molecule has 0 saturated heterocycles. The van der Waals surface area contributed by atoms with E-state index in [0.29, 0.717) is 0 Å². The highest BCUT2D eigenvalue weighted by Gasteiger charge is 1.96. The van der Waals surface area contributed by atoms with Gasteiger partial charge in [-0.05, 0) is 23.7 Å². The van der Waals surface area contributed by atoms with Crippen LogP contribution in [0.2, 0.25) is 0 Å². The predicted octanol–water partition coefficient (Wildman–Crippen LogP) is 1.22. The van der Waals surface area contributed by atoms with Gasteiger partial charge in [0, 0.05) is 24.7 Å². The molecule has 0 atom stereocenters. The minimum Gasteiger partial charge on any atom is -0.305 e. The topological polar surface area (TPSA) is 50.7 Å². The summed E-state index contributed by atoms with van der Waals surface area (Å²) in [5.74, 6) is 0. The first-order chi connectivity index (χ1) is 6.95. The van der Waals surface area contributed by atoms with Gasteiger partial charge in [0.25, 0.3) is 0 Å². The summed E-state index contributed by atoms with van der Waals surface area (Å²) in [7, 11) is 0. The van der Waals surface area contributed by atoms with Gasteiger partial charge >= 0.3 is 0 Å². The maximum atomic E-state index is 4.20. The van der Waals surface area contributed by atoms with Gasteiger partial charge in [0.2, 0.25) is 0 Å². The minimum atomic E-state index is 0.743. The highest BCUT2D eigenvalue weighted by Crippen LogP contribution is 1.97. The Kier molecular flexibility index (Phi) is 3.15. The molecule has 14 heavy (non-hydrogen) atoms.